The van der Waals surface area contributed by atoms with Crippen molar-refractivity contribution in [1.29, 1.82) is 5.26 Å². The van der Waals surface area contributed by atoms with Crippen LogP contribution in [0.3, 0.4) is 0 Å². The van der Waals surface area contributed by atoms with Crippen molar-refractivity contribution in [3.63, 3.8) is 0 Å². The van der Waals surface area contributed by atoms with E-state index < -0.39 is 0 Å². The van der Waals surface area contributed by atoms with Crippen LogP contribution >= 0.6 is 23.5 Å². The van der Waals surface area contributed by atoms with E-state index in [0.29, 0.717) is 21.7 Å². The third-order valence-corrected chi connectivity index (χ3v) is 5.55. The summed E-state index contributed by atoms with van der Waals surface area (Å²) in [5.41, 5.74) is 0.999. The van der Waals surface area contributed by atoms with Gasteiger partial charge in [-0.3, -0.25) is 9.59 Å². The van der Waals surface area contributed by atoms with Crippen molar-refractivity contribution in [1.82, 2.24) is 40.4 Å². The lowest BCUT2D eigenvalue weighted by Gasteiger charge is -2.10. The number of carbonyl (C=O) groups excluding carboxylic acids is 2. The second kappa shape index (κ2) is 9.80. The number of nitriles is 1. The van der Waals surface area contributed by atoms with E-state index in [1.807, 2.05) is 6.07 Å². The number of nitrogens with one attached hydrogen (secondary N) is 2. The maximum Gasteiger partial charge on any atom is 0.234 e. The number of aromatic nitrogens is 8. The molecule has 0 aliphatic rings. The Balaban J connectivity index is 1.55. The van der Waals surface area contributed by atoms with Gasteiger partial charge in [-0.05, 0) is 39.1 Å². The molecular formula is C15H15N11O2S2. The number of tetrazole rings is 2. The average molecular weight is 445 g/mol. The number of aryl methyl sites for hydroxylation is 2. The molecule has 2 amide bonds. The van der Waals surface area contributed by atoms with Gasteiger partial charge in [-0.25, -0.2) is 9.36 Å². The molecule has 0 saturated heterocycles. The number of benzene rings is 1. The third-order valence-electron chi connectivity index (χ3n) is 3.53. The lowest BCUT2D eigenvalue weighted by Crippen LogP contribution is -2.17. The van der Waals surface area contributed by atoms with Gasteiger partial charge in [-0.1, -0.05) is 23.5 Å². The van der Waals surface area contributed by atoms with Gasteiger partial charge >= 0.3 is 0 Å². The van der Waals surface area contributed by atoms with Crippen LogP contribution in [-0.2, 0) is 23.7 Å². The highest BCUT2D eigenvalue weighted by Gasteiger charge is 2.12. The van der Waals surface area contributed by atoms with E-state index in [4.69, 9.17) is 0 Å². The van der Waals surface area contributed by atoms with E-state index in [1.165, 1.54) is 39.0 Å². The van der Waals surface area contributed by atoms with Crippen molar-refractivity contribution in [3.8, 4) is 6.07 Å². The van der Waals surface area contributed by atoms with E-state index in [2.05, 4.69) is 41.7 Å². The van der Waals surface area contributed by atoms with Crippen molar-refractivity contribution < 1.29 is 9.59 Å². The maximum atomic E-state index is 12.2. The van der Waals surface area contributed by atoms with Gasteiger partial charge in [0.2, 0.25) is 22.1 Å². The molecule has 3 rings (SSSR count). The Hall–Kier alpha value is -3.51. The molecule has 13 nitrogen and oxygen atoms in total. The first-order valence-corrected chi connectivity index (χ1v) is 10.3. The number of amides is 2. The number of rotatable bonds is 8. The van der Waals surface area contributed by atoms with Crippen LogP contribution in [0.1, 0.15) is 5.56 Å². The summed E-state index contributed by atoms with van der Waals surface area (Å²) in [6, 6.07) is 6.65. The monoisotopic (exact) mass is 445 g/mol. The quantitative estimate of drug-likeness (QED) is 0.450. The number of thioether (sulfide) groups is 2. The predicted molar refractivity (Wildman–Crippen MR) is 107 cm³/mol. The molecule has 2 aromatic heterocycles. The van der Waals surface area contributed by atoms with Crippen LogP contribution in [0, 0.1) is 11.3 Å². The fourth-order valence-corrected chi connectivity index (χ4v) is 3.45. The molecule has 0 aliphatic heterocycles. The molecule has 30 heavy (non-hydrogen) atoms. The zero-order chi connectivity index (χ0) is 21.5. The van der Waals surface area contributed by atoms with E-state index in [0.717, 1.165) is 0 Å². The number of carbonyl (C=O) groups is 2. The van der Waals surface area contributed by atoms with Crippen molar-refractivity contribution in [2.75, 3.05) is 22.1 Å². The molecular weight excluding hydrogens is 430 g/mol. The van der Waals surface area contributed by atoms with Crippen molar-refractivity contribution >= 4 is 46.7 Å². The number of anilines is 2. The van der Waals surface area contributed by atoms with Crippen LogP contribution in [0.2, 0.25) is 0 Å². The summed E-state index contributed by atoms with van der Waals surface area (Å²) in [5.74, 6) is -0.420. The first kappa shape index (κ1) is 21.2. The Morgan fingerprint density at radius 3 is 2.07 bits per heavy atom. The molecule has 2 N–H and O–H groups in total. The summed E-state index contributed by atoms with van der Waals surface area (Å²) in [5, 5.41) is 37.7. The fourth-order valence-electron chi connectivity index (χ4n) is 2.15. The zero-order valence-electron chi connectivity index (χ0n) is 15.8. The van der Waals surface area contributed by atoms with E-state index in [9.17, 15) is 14.9 Å². The van der Waals surface area contributed by atoms with E-state index in [-0.39, 0.29) is 28.9 Å². The van der Waals surface area contributed by atoms with Crippen molar-refractivity contribution in [2.24, 2.45) is 14.1 Å². The van der Waals surface area contributed by atoms with Gasteiger partial charge in [0.05, 0.1) is 22.8 Å². The molecule has 0 radical (unpaired) electrons. The van der Waals surface area contributed by atoms with Crippen LogP contribution in [0.4, 0.5) is 11.4 Å². The van der Waals surface area contributed by atoms with Crippen LogP contribution in [-0.4, -0.2) is 63.7 Å². The number of hydrogen-bond donors (Lipinski definition) is 2. The van der Waals surface area contributed by atoms with Gasteiger partial charge in [-0.15, -0.1) is 10.2 Å². The Labute approximate surface area is 178 Å². The second-order valence-electron chi connectivity index (χ2n) is 5.72. The third kappa shape index (κ3) is 5.52. The molecule has 3 aromatic rings. The smallest absolute Gasteiger partial charge is 0.234 e. The Kier molecular flexibility index (Phi) is 6.93. The summed E-state index contributed by atoms with van der Waals surface area (Å²) in [6.07, 6.45) is 0. The fraction of sp³-hybridized carbons (Fsp3) is 0.267. The summed E-state index contributed by atoms with van der Waals surface area (Å²) < 4.78 is 2.91. The van der Waals surface area contributed by atoms with Crippen LogP contribution in [0.25, 0.3) is 0 Å². The summed E-state index contributed by atoms with van der Waals surface area (Å²) in [7, 11) is 3.35. The SMILES string of the molecule is Cn1nnnc1SCC(=O)Nc1ccc(NC(=O)CSc2nnnn2C)c(C#N)c1. The van der Waals surface area contributed by atoms with Gasteiger partial charge in [0.15, 0.2) is 0 Å². The normalized spacial score (nSPS) is 10.4. The Morgan fingerprint density at radius 2 is 1.57 bits per heavy atom. The molecule has 0 saturated carbocycles. The molecule has 154 valence electrons. The maximum absolute atomic E-state index is 12.2. The Morgan fingerprint density at radius 1 is 1.00 bits per heavy atom. The predicted octanol–water partition coefficient (Wildman–Crippen LogP) is 0.0669. The van der Waals surface area contributed by atoms with Gasteiger partial charge in [-0.2, -0.15) is 5.26 Å². The zero-order valence-corrected chi connectivity index (χ0v) is 17.4. The first-order chi connectivity index (χ1) is 14.5. The summed E-state index contributed by atoms with van der Waals surface area (Å²) >= 11 is 2.35. The highest BCUT2D eigenvalue weighted by molar-refractivity contribution is 8.00. The molecule has 0 spiro atoms. The second-order valence-corrected chi connectivity index (χ2v) is 7.60. The molecule has 15 heteroatoms. The minimum atomic E-state index is -0.315. The van der Waals surface area contributed by atoms with Gasteiger partial charge < -0.3 is 10.6 Å². The summed E-state index contributed by atoms with van der Waals surface area (Å²) in [4.78, 5) is 24.3. The molecule has 0 unspecified atom stereocenters. The van der Waals surface area contributed by atoms with E-state index >= 15 is 0 Å². The minimum absolute atomic E-state index is 0.0751. The lowest BCUT2D eigenvalue weighted by molar-refractivity contribution is -0.114. The van der Waals surface area contributed by atoms with Crippen molar-refractivity contribution in [2.45, 2.75) is 10.3 Å². The van der Waals surface area contributed by atoms with Crippen molar-refractivity contribution in [3.05, 3.63) is 23.8 Å². The molecule has 0 bridgehead atoms. The molecule has 0 aliphatic carbocycles. The largest absolute Gasteiger partial charge is 0.325 e. The number of nitrogens with zero attached hydrogens (tertiary/aromatic N) is 9. The van der Waals surface area contributed by atoms with E-state index in [1.54, 1.807) is 26.2 Å². The molecule has 1 aromatic carbocycles. The topological polar surface area (TPSA) is 169 Å². The Bertz CT molecular complexity index is 1100. The average Bonchev–Trinajstić information content (AvgIpc) is 3.33. The highest BCUT2D eigenvalue weighted by atomic mass is 32.2. The van der Waals surface area contributed by atoms with Gasteiger partial charge in [0, 0.05) is 19.8 Å². The molecule has 0 atom stereocenters. The van der Waals surface area contributed by atoms with Crippen LogP contribution in [0.5, 0.6) is 0 Å². The lowest BCUT2D eigenvalue weighted by atomic mass is 10.1. The first-order valence-electron chi connectivity index (χ1n) is 8.30. The van der Waals surface area contributed by atoms with Gasteiger partial charge in [0.25, 0.3) is 0 Å². The molecule has 2 heterocycles. The standard InChI is InChI=1S/C15H15N11O2S2/c1-25-14(19-21-23-25)29-7-12(27)17-10-3-4-11(9(5-10)6-16)18-13(28)8-30-15-20-22-24-26(15)2/h3-5H,7-8H2,1-2H3,(H,17,27)(H,18,28). The van der Waals surface area contributed by atoms with Gasteiger partial charge in [0.1, 0.15) is 6.07 Å². The minimum Gasteiger partial charge on any atom is -0.325 e. The van der Waals surface area contributed by atoms with Crippen LogP contribution in [0.15, 0.2) is 28.5 Å². The number of hydrogen-bond acceptors (Lipinski definition) is 11. The summed E-state index contributed by atoms with van der Waals surface area (Å²) in [6.45, 7) is 0. The van der Waals surface area contributed by atoms with Crippen LogP contribution < -0.4 is 10.6 Å². The molecule has 0 fully saturated rings. The highest BCUT2D eigenvalue weighted by Crippen LogP contribution is 2.21.